The third kappa shape index (κ3) is 3.85. The monoisotopic (exact) mass is 250 g/mol. The van der Waals surface area contributed by atoms with Gasteiger partial charge in [0.1, 0.15) is 0 Å². The molecule has 2 aliphatic heterocycles. The van der Waals surface area contributed by atoms with Crippen LogP contribution in [0.25, 0.3) is 0 Å². The predicted octanol–water partition coefficient (Wildman–Crippen LogP) is 0.983. The van der Waals surface area contributed by atoms with Crippen molar-refractivity contribution in [2.75, 3.05) is 37.7 Å². The van der Waals surface area contributed by atoms with Crippen LogP contribution in [-0.4, -0.2) is 48.5 Å². The van der Waals surface area contributed by atoms with Crippen LogP contribution >= 0.6 is 24.2 Å². The van der Waals surface area contributed by atoms with Gasteiger partial charge in [-0.05, 0) is 25.4 Å². The molecule has 0 aromatic rings. The number of carbonyl (C=O) groups is 1. The summed E-state index contributed by atoms with van der Waals surface area (Å²) < 4.78 is 0. The van der Waals surface area contributed by atoms with Crippen LogP contribution in [0.15, 0.2) is 0 Å². The van der Waals surface area contributed by atoms with Crippen molar-refractivity contribution >= 4 is 30.1 Å². The molecular formula is C10H19ClN2OS. The van der Waals surface area contributed by atoms with E-state index in [1.54, 1.807) is 0 Å². The molecule has 5 heteroatoms. The molecule has 15 heavy (non-hydrogen) atoms. The topological polar surface area (TPSA) is 32.3 Å². The van der Waals surface area contributed by atoms with Gasteiger partial charge in [0.2, 0.25) is 5.91 Å². The fourth-order valence-electron chi connectivity index (χ4n) is 2.08. The Labute approximate surface area is 102 Å². The van der Waals surface area contributed by atoms with Crippen molar-refractivity contribution in [1.29, 1.82) is 0 Å². The SMILES string of the molecule is Cl.O=C(C[C@@H]1CCNC1)N1CCSCC1. The molecule has 3 nitrogen and oxygen atoms in total. The number of carbonyl (C=O) groups excluding carboxylic acids is 1. The second-order valence-electron chi connectivity index (χ2n) is 4.06. The number of halogens is 1. The molecule has 2 aliphatic rings. The van der Waals surface area contributed by atoms with Gasteiger partial charge < -0.3 is 10.2 Å². The first kappa shape index (κ1) is 13.1. The first-order chi connectivity index (χ1) is 6.86. The average molecular weight is 251 g/mol. The van der Waals surface area contributed by atoms with Crippen LogP contribution in [0, 0.1) is 5.92 Å². The molecule has 1 atom stereocenters. The van der Waals surface area contributed by atoms with Gasteiger partial charge in [0, 0.05) is 31.0 Å². The van der Waals surface area contributed by atoms with Gasteiger partial charge in [0.15, 0.2) is 0 Å². The second kappa shape index (κ2) is 6.61. The lowest BCUT2D eigenvalue weighted by molar-refractivity contribution is -0.131. The predicted molar refractivity (Wildman–Crippen MR) is 66.7 cm³/mol. The number of thioether (sulfide) groups is 1. The molecule has 2 rings (SSSR count). The number of amides is 1. The molecule has 0 unspecified atom stereocenters. The summed E-state index contributed by atoms with van der Waals surface area (Å²) in [6.07, 6.45) is 1.94. The minimum Gasteiger partial charge on any atom is -0.341 e. The van der Waals surface area contributed by atoms with Crippen LogP contribution in [0.2, 0.25) is 0 Å². The summed E-state index contributed by atoms with van der Waals surface area (Å²) in [6.45, 7) is 4.05. The van der Waals surface area contributed by atoms with Gasteiger partial charge in [-0.3, -0.25) is 4.79 Å². The zero-order valence-corrected chi connectivity index (χ0v) is 10.5. The maximum Gasteiger partial charge on any atom is 0.222 e. The molecule has 0 aliphatic carbocycles. The zero-order valence-electron chi connectivity index (χ0n) is 8.91. The fraction of sp³-hybridized carbons (Fsp3) is 0.900. The maximum atomic E-state index is 11.8. The molecule has 2 fully saturated rings. The van der Waals surface area contributed by atoms with E-state index in [0.717, 1.165) is 44.1 Å². The normalized spacial score (nSPS) is 26.1. The lowest BCUT2D eigenvalue weighted by atomic mass is 10.0. The smallest absolute Gasteiger partial charge is 0.222 e. The van der Waals surface area contributed by atoms with Crippen molar-refractivity contribution in [2.45, 2.75) is 12.8 Å². The molecule has 2 saturated heterocycles. The minimum absolute atomic E-state index is 0. The van der Waals surface area contributed by atoms with Gasteiger partial charge in [-0.1, -0.05) is 0 Å². The van der Waals surface area contributed by atoms with E-state index in [9.17, 15) is 4.79 Å². The Balaban J connectivity index is 0.00000112. The third-order valence-electron chi connectivity index (χ3n) is 2.99. The molecule has 2 heterocycles. The minimum atomic E-state index is 0. The zero-order chi connectivity index (χ0) is 9.80. The first-order valence-corrected chi connectivity index (χ1v) is 6.58. The molecule has 0 bridgehead atoms. The molecule has 1 amide bonds. The number of nitrogens with zero attached hydrogens (tertiary/aromatic N) is 1. The van der Waals surface area contributed by atoms with Crippen LogP contribution in [0.1, 0.15) is 12.8 Å². The van der Waals surface area contributed by atoms with Crippen LogP contribution in [0.3, 0.4) is 0 Å². The van der Waals surface area contributed by atoms with E-state index < -0.39 is 0 Å². The van der Waals surface area contributed by atoms with E-state index in [1.165, 1.54) is 6.42 Å². The van der Waals surface area contributed by atoms with Crippen LogP contribution in [0.5, 0.6) is 0 Å². The van der Waals surface area contributed by atoms with Crippen molar-refractivity contribution in [2.24, 2.45) is 5.92 Å². The second-order valence-corrected chi connectivity index (χ2v) is 5.28. The highest BCUT2D eigenvalue weighted by Crippen LogP contribution is 2.16. The van der Waals surface area contributed by atoms with Crippen molar-refractivity contribution in [3.63, 3.8) is 0 Å². The van der Waals surface area contributed by atoms with Crippen molar-refractivity contribution in [3.05, 3.63) is 0 Å². The van der Waals surface area contributed by atoms with E-state index in [2.05, 4.69) is 5.32 Å². The quantitative estimate of drug-likeness (QED) is 0.793. The van der Waals surface area contributed by atoms with Crippen molar-refractivity contribution in [3.8, 4) is 0 Å². The Morgan fingerprint density at radius 3 is 2.73 bits per heavy atom. The van der Waals surface area contributed by atoms with Gasteiger partial charge in [-0.2, -0.15) is 11.8 Å². The summed E-state index contributed by atoms with van der Waals surface area (Å²) in [5.74, 6) is 3.21. The molecule has 1 N–H and O–H groups in total. The van der Waals surface area contributed by atoms with E-state index >= 15 is 0 Å². The van der Waals surface area contributed by atoms with Gasteiger partial charge in [0.05, 0.1) is 0 Å². The van der Waals surface area contributed by atoms with E-state index in [1.807, 2.05) is 16.7 Å². The summed E-state index contributed by atoms with van der Waals surface area (Å²) in [7, 11) is 0. The number of rotatable bonds is 2. The van der Waals surface area contributed by atoms with E-state index in [-0.39, 0.29) is 12.4 Å². The first-order valence-electron chi connectivity index (χ1n) is 5.42. The molecule has 0 aromatic heterocycles. The summed E-state index contributed by atoms with van der Waals surface area (Å²) in [5.41, 5.74) is 0. The highest BCUT2D eigenvalue weighted by Gasteiger charge is 2.22. The summed E-state index contributed by atoms with van der Waals surface area (Å²) >= 11 is 1.95. The number of nitrogens with one attached hydrogen (secondary N) is 1. The lowest BCUT2D eigenvalue weighted by Crippen LogP contribution is -2.38. The van der Waals surface area contributed by atoms with E-state index in [0.29, 0.717) is 11.8 Å². The maximum absolute atomic E-state index is 11.8. The highest BCUT2D eigenvalue weighted by molar-refractivity contribution is 7.99. The van der Waals surface area contributed by atoms with Gasteiger partial charge in [0.25, 0.3) is 0 Å². The van der Waals surface area contributed by atoms with Crippen LogP contribution < -0.4 is 5.32 Å². The lowest BCUT2D eigenvalue weighted by Gasteiger charge is -2.27. The number of hydrogen-bond donors (Lipinski definition) is 1. The highest BCUT2D eigenvalue weighted by atomic mass is 35.5. The molecule has 0 radical (unpaired) electrons. The van der Waals surface area contributed by atoms with Crippen molar-refractivity contribution in [1.82, 2.24) is 10.2 Å². The Morgan fingerprint density at radius 2 is 2.13 bits per heavy atom. The van der Waals surface area contributed by atoms with Crippen LogP contribution in [0.4, 0.5) is 0 Å². The van der Waals surface area contributed by atoms with E-state index in [4.69, 9.17) is 0 Å². The number of hydrogen-bond acceptors (Lipinski definition) is 3. The molecule has 0 spiro atoms. The molecule has 0 aromatic carbocycles. The molecule has 88 valence electrons. The fourth-order valence-corrected chi connectivity index (χ4v) is 2.98. The summed E-state index contributed by atoms with van der Waals surface area (Å²) in [6, 6.07) is 0. The molecule has 0 saturated carbocycles. The third-order valence-corrected chi connectivity index (χ3v) is 3.93. The summed E-state index contributed by atoms with van der Waals surface area (Å²) in [4.78, 5) is 13.9. The van der Waals surface area contributed by atoms with Gasteiger partial charge in [-0.15, -0.1) is 12.4 Å². The van der Waals surface area contributed by atoms with Gasteiger partial charge in [-0.25, -0.2) is 0 Å². The Bertz CT molecular complexity index is 204. The van der Waals surface area contributed by atoms with Gasteiger partial charge >= 0.3 is 0 Å². The Kier molecular flexibility index (Phi) is 5.79. The van der Waals surface area contributed by atoms with Crippen LogP contribution in [-0.2, 0) is 4.79 Å². The Hall–Kier alpha value is 0.0700. The Morgan fingerprint density at radius 1 is 1.40 bits per heavy atom. The van der Waals surface area contributed by atoms with Crippen molar-refractivity contribution < 1.29 is 4.79 Å². The standard InChI is InChI=1S/C10H18N2OS.ClH/c13-10(7-9-1-2-11-8-9)12-3-5-14-6-4-12;/h9,11H,1-8H2;1H/t9-;/m0./s1. The average Bonchev–Trinajstić information content (AvgIpc) is 2.72. The molecular weight excluding hydrogens is 232 g/mol. The largest absolute Gasteiger partial charge is 0.341 e. The summed E-state index contributed by atoms with van der Waals surface area (Å²) in [5, 5.41) is 3.31.